The Balaban J connectivity index is 0.00000133. The van der Waals surface area contributed by atoms with Crippen molar-refractivity contribution < 1.29 is 37.3 Å². The zero-order valence-corrected chi connectivity index (χ0v) is 13.3. The van der Waals surface area contributed by atoms with E-state index in [2.05, 4.69) is 49.8 Å². The minimum absolute atomic E-state index is 0. The monoisotopic (exact) mass is 402 g/mol. The van der Waals surface area contributed by atoms with Crippen LogP contribution in [0.1, 0.15) is 22.3 Å². The van der Waals surface area contributed by atoms with Crippen LogP contribution in [0.2, 0.25) is 0 Å². The van der Waals surface area contributed by atoms with E-state index in [0.29, 0.717) is 0 Å². The molecule has 0 aliphatic rings. The Kier molecular flexibility index (Phi) is 4.13. The summed E-state index contributed by atoms with van der Waals surface area (Å²) in [5.41, 5.74) is 7.07. The molecule has 0 aliphatic carbocycles. The Bertz CT molecular complexity index is 712. The average Bonchev–Trinajstić information content (AvgIpc) is 2.38. The normalized spacial score (nSPS) is 10.7. The summed E-state index contributed by atoms with van der Waals surface area (Å²) >= 11 is 0. The van der Waals surface area contributed by atoms with Gasteiger partial charge in [0.15, 0.2) is 0 Å². The molecule has 0 atom stereocenters. The van der Waals surface area contributed by atoms with Crippen LogP contribution in [0.25, 0.3) is 21.8 Å². The van der Waals surface area contributed by atoms with E-state index in [9.17, 15) is 0 Å². The number of aromatic nitrogens is 2. The first-order chi connectivity index (χ1) is 8.59. The van der Waals surface area contributed by atoms with Gasteiger partial charge in [0.25, 0.3) is 0 Å². The third kappa shape index (κ3) is 2.26. The zero-order valence-electron chi connectivity index (χ0n) is 11.5. The molecule has 3 rings (SSSR count). The maximum absolute atomic E-state index is 4.58. The summed E-state index contributed by atoms with van der Waals surface area (Å²) in [5, 5.41) is 2.41. The van der Waals surface area contributed by atoms with Crippen LogP contribution in [0.15, 0.2) is 24.5 Å². The summed E-state index contributed by atoms with van der Waals surface area (Å²) in [6.45, 7) is 8.48. The Hall–Kier alpha value is -0.713. The van der Waals surface area contributed by atoms with E-state index < -0.39 is 0 Å². The van der Waals surface area contributed by atoms with Crippen LogP contribution in [0.5, 0.6) is 0 Å². The van der Waals surface area contributed by atoms with Crippen LogP contribution in [0, 0.1) is 65.0 Å². The van der Waals surface area contributed by atoms with E-state index in [4.69, 9.17) is 0 Å². The molecule has 0 bridgehead atoms. The van der Waals surface area contributed by atoms with E-state index in [-0.39, 0.29) is 37.3 Å². The first-order valence-electron chi connectivity index (χ1n) is 6.20. The van der Waals surface area contributed by atoms with Crippen molar-refractivity contribution in [1.82, 2.24) is 9.97 Å². The summed E-state index contributed by atoms with van der Waals surface area (Å²) in [5.74, 6) is 0. The van der Waals surface area contributed by atoms with Crippen molar-refractivity contribution in [1.29, 1.82) is 0 Å². The molecule has 0 unspecified atom stereocenters. The smallest absolute Gasteiger partial charge is 0.0967 e. The van der Waals surface area contributed by atoms with Gasteiger partial charge in [-0.25, -0.2) is 0 Å². The quantitative estimate of drug-likeness (QED) is 0.530. The number of fused-ring (bicyclic) bond motifs is 3. The van der Waals surface area contributed by atoms with E-state index in [1.54, 1.807) is 0 Å². The molecule has 2 aromatic heterocycles. The van der Waals surface area contributed by atoms with Crippen molar-refractivity contribution in [2.24, 2.45) is 0 Å². The first kappa shape index (κ1) is 14.7. The number of aryl methyl sites for hydroxylation is 4. The largest absolute Gasteiger partial charge is 0.254 e. The average molecular weight is 404 g/mol. The van der Waals surface area contributed by atoms with Gasteiger partial charge in [0.1, 0.15) is 0 Å². The van der Waals surface area contributed by atoms with Gasteiger partial charge in [-0.05, 0) is 49.9 Å². The van der Waals surface area contributed by atoms with Crippen LogP contribution in [0.4, 0.5) is 0 Å². The molecule has 0 N–H and O–H groups in total. The van der Waals surface area contributed by atoms with Gasteiger partial charge in [-0.15, -0.1) is 0 Å². The van der Waals surface area contributed by atoms with Gasteiger partial charge >= 0.3 is 0 Å². The third-order valence-corrected chi connectivity index (χ3v) is 3.92. The molecule has 0 saturated carbocycles. The molecular formula is C16H16ErN2. The van der Waals surface area contributed by atoms with Gasteiger partial charge in [-0.2, -0.15) is 0 Å². The van der Waals surface area contributed by atoms with Crippen LogP contribution in [0.3, 0.4) is 0 Å². The second-order valence-electron chi connectivity index (χ2n) is 4.99. The van der Waals surface area contributed by atoms with Gasteiger partial charge in [0.2, 0.25) is 0 Å². The fourth-order valence-corrected chi connectivity index (χ4v) is 2.39. The number of pyridine rings is 2. The SMILES string of the molecule is Cc1cnc2c(ccc3c(C)c(C)cnc32)c1C.[Er]. The van der Waals surface area contributed by atoms with Crippen LogP contribution in [-0.4, -0.2) is 9.97 Å². The molecule has 0 saturated heterocycles. The maximum Gasteiger partial charge on any atom is 0.0967 e. The van der Waals surface area contributed by atoms with Gasteiger partial charge in [-0.3, -0.25) is 9.97 Å². The molecular weight excluding hydrogens is 387 g/mol. The number of rotatable bonds is 0. The van der Waals surface area contributed by atoms with Crippen molar-refractivity contribution in [3.8, 4) is 0 Å². The Morgan fingerprint density at radius 2 is 1.05 bits per heavy atom. The summed E-state index contributed by atoms with van der Waals surface area (Å²) in [6.07, 6.45) is 3.88. The van der Waals surface area contributed by atoms with Crippen molar-refractivity contribution in [2.45, 2.75) is 27.7 Å². The Labute approximate surface area is 142 Å². The van der Waals surface area contributed by atoms with Crippen LogP contribution < -0.4 is 0 Å². The number of nitrogens with zero attached hydrogens (tertiary/aromatic N) is 2. The molecule has 102 valence electrons. The predicted molar refractivity (Wildman–Crippen MR) is 76.0 cm³/mol. The fraction of sp³-hybridized carbons (Fsp3) is 0.250. The van der Waals surface area contributed by atoms with Crippen molar-refractivity contribution in [3.63, 3.8) is 0 Å². The molecule has 3 heteroatoms. The number of benzene rings is 1. The predicted octanol–water partition coefficient (Wildman–Crippen LogP) is 4.02. The van der Waals surface area contributed by atoms with Gasteiger partial charge in [0, 0.05) is 60.5 Å². The van der Waals surface area contributed by atoms with E-state index >= 15 is 0 Å². The number of hydrogen-bond acceptors (Lipinski definition) is 2. The summed E-state index contributed by atoms with van der Waals surface area (Å²) in [6, 6.07) is 4.34. The Morgan fingerprint density at radius 1 is 0.684 bits per heavy atom. The molecule has 0 radical (unpaired) electrons. The minimum atomic E-state index is 0. The van der Waals surface area contributed by atoms with Crippen molar-refractivity contribution in [3.05, 3.63) is 46.8 Å². The van der Waals surface area contributed by atoms with Crippen molar-refractivity contribution >= 4 is 21.8 Å². The standard InChI is InChI=1S/C16H16N2.Er/c1-9-7-17-15-13(11(9)3)5-6-14-12(4)10(2)8-18-16(14)15;/h5-8H,1-4H3;. The van der Waals surface area contributed by atoms with E-state index in [1.165, 1.54) is 33.0 Å². The maximum atomic E-state index is 4.58. The second-order valence-corrected chi connectivity index (χ2v) is 4.99. The molecule has 2 nitrogen and oxygen atoms in total. The zero-order chi connectivity index (χ0) is 12.9. The molecule has 0 fully saturated rings. The molecule has 1 aromatic carbocycles. The molecule has 0 amide bonds. The molecule has 3 aromatic rings. The van der Waals surface area contributed by atoms with Gasteiger partial charge in [-0.1, -0.05) is 12.1 Å². The number of hydrogen-bond donors (Lipinski definition) is 0. The van der Waals surface area contributed by atoms with Gasteiger partial charge < -0.3 is 0 Å². The van der Waals surface area contributed by atoms with E-state index in [0.717, 1.165) is 11.0 Å². The topological polar surface area (TPSA) is 25.8 Å². The fourth-order valence-electron chi connectivity index (χ4n) is 2.39. The Morgan fingerprint density at radius 3 is 1.42 bits per heavy atom. The molecule has 19 heavy (non-hydrogen) atoms. The van der Waals surface area contributed by atoms with Crippen LogP contribution >= 0.6 is 0 Å². The first-order valence-corrected chi connectivity index (χ1v) is 6.20. The van der Waals surface area contributed by atoms with Gasteiger partial charge in [0.05, 0.1) is 11.0 Å². The third-order valence-electron chi connectivity index (χ3n) is 3.92. The van der Waals surface area contributed by atoms with Crippen LogP contribution in [-0.2, 0) is 0 Å². The van der Waals surface area contributed by atoms with E-state index in [1.807, 2.05) is 12.4 Å². The summed E-state index contributed by atoms with van der Waals surface area (Å²) in [4.78, 5) is 9.16. The second kappa shape index (κ2) is 5.35. The summed E-state index contributed by atoms with van der Waals surface area (Å²) < 4.78 is 0. The molecule has 0 aliphatic heterocycles. The molecule has 0 spiro atoms. The van der Waals surface area contributed by atoms with Crippen molar-refractivity contribution in [2.75, 3.05) is 0 Å². The minimum Gasteiger partial charge on any atom is -0.254 e. The molecule has 2 heterocycles. The summed E-state index contributed by atoms with van der Waals surface area (Å²) in [7, 11) is 0.